The maximum absolute atomic E-state index is 14.0. The Morgan fingerprint density at radius 3 is 2.42 bits per heavy atom. The molecule has 1 aliphatic heterocycles. The summed E-state index contributed by atoms with van der Waals surface area (Å²) in [5, 5.41) is 7.17. The molecule has 0 atom stereocenters. The summed E-state index contributed by atoms with van der Waals surface area (Å²) < 4.78 is 34.5. The maximum Gasteiger partial charge on any atom is 0.410 e. The second-order valence-electron chi connectivity index (χ2n) is 9.66. The molecule has 0 spiro atoms. The van der Waals surface area contributed by atoms with Crippen molar-refractivity contribution in [3.63, 3.8) is 0 Å². The highest BCUT2D eigenvalue weighted by atomic mass is 35.5. The number of piperidine rings is 1. The van der Waals surface area contributed by atoms with Crippen molar-refractivity contribution >= 4 is 29.3 Å². The number of likely N-dealkylation sites (tertiary alicyclic amines) is 1. The fourth-order valence-electron chi connectivity index (χ4n) is 4.18. The Labute approximate surface area is 213 Å². The number of aromatic nitrogens is 2. The van der Waals surface area contributed by atoms with Crippen molar-refractivity contribution in [1.29, 1.82) is 0 Å². The Hall–Kier alpha value is -3.46. The molecule has 4 rings (SSSR count). The van der Waals surface area contributed by atoms with E-state index in [1.807, 2.05) is 20.8 Å². The molecule has 1 saturated heterocycles. The van der Waals surface area contributed by atoms with E-state index in [-0.39, 0.29) is 28.3 Å². The van der Waals surface area contributed by atoms with Gasteiger partial charge in [0.2, 0.25) is 0 Å². The molecule has 0 unspecified atom stereocenters. The minimum Gasteiger partial charge on any atom is -0.444 e. The predicted molar refractivity (Wildman–Crippen MR) is 133 cm³/mol. The summed E-state index contributed by atoms with van der Waals surface area (Å²) in [5.41, 5.74) is 1.01. The molecular formula is C26H27ClF2N4O3. The first kappa shape index (κ1) is 25.6. The van der Waals surface area contributed by atoms with Crippen LogP contribution >= 0.6 is 11.6 Å². The van der Waals surface area contributed by atoms with E-state index in [1.54, 1.807) is 21.7 Å². The largest absolute Gasteiger partial charge is 0.444 e. The predicted octanol–water partition coefficient (Wildman–Crippen LogP) is 6.17. The monoisotopic (exact) mass is 516 g/mol. The van der Waals surface area contributed by atoms with Crippen LogP contribution < -0.4 is 5.32 Å². The lowest BCUT2D eigenvalue weighted by Crippen LogP contribution is -2.41. The van der Waals surface area contributed by atoms with E-state index in [4.69, 9.17) is 16.3 Å². The highest BCUT2D eigenvalue weighted by Gasteiger charge is 2.32. The number of nitrogens with zero attached hydrogens (tertiary/aromatic N) is 3. The molecule has 0 saturated carbocycles. The molecule has 7 nitrogen and oxygen atoms in total. The fraction of sp³-hybridized carbons (Fsp3) is 0.346. The van der Waals surface area contributed by atoms with Crippen LogP contribution in [0.25, 0.3) is 5.69 Å². The third-order valence-corrected chi connectivity index (χ3v) is 6.13. The highest BCUT2D eigenvalue weighted by molar-refractivity contribution is 6.33. The lowest BCUT2D eigenvalue weighted by molar-refractivity contribution is 0.0203. The first-order valence-electron chi connectivity index (χ1n) is 11.6. The van der Waals surface area contributed by atoms with E-state index in [0.717, 1.165) is 6.07 Å². The number of amides is 2. The molecule has 2 aromatic carbocycles. The van der Waals surface area contributed by atoms with Gasteiger partial charge in [-0.1, -0.05) is 17.7 Å². The van der Waals surface area contributed by atoms with Crippen molar-refractivity contribution in [2.24, 2.45) is 0 Å². The van der Waals surface area contributed by atoms with Gasteiger partial charge in [-0.15, -0.1) is 0 Å². The van der Waals surface area contributed by atoms with Gasteiger partial charge >= 0.3 is 6.09 Å². The summed E-state index contributed by atoms with van der Waals surface area (Å²) in [7, 11) is 0. The van der Waals surface area contributed by atoms with Gasteiger partial charge in [-0.05, 0) is 70.0 Å². The second kappa shape index (κ2) is 10.3. The zero-order valence-corrected chi connectivity index (χ0v) is 21.0. The van der Waals surface area contributed by atoms with E-state index in [2.05, 4.69) is 10.4 Å². The average Bonchev–Trinajstić information content (AvgIpc) is 3.25. The third kappa shape index (κ3) is 5.84. The molecule has 1 aromatic heterocycles. The average molecular weight is 517 g/mol. The smallest absolute Gasteiger partial charge is 0.410 e. The first-order chi connectivity index (χ1) is 17.0. The molecule has 1 N–H and O–H groups in total. The molecule has 0 radical (unpaired) electrons. The number of rotatable bonds is 4. The number of hydrogen-bond donors (Lipinski definition) is 1. The summed E-state index contributed by atoms with van der Waals surface area (Å²) in [6, 6.07) is 9.63. The van der Waals surface area contributed by atoms with Crippen LogP contribution in [0.4, 0.5) is 19.3 Å². The van der Waals surface area contributed by atoms with Crippen LogP contribution in [0.2, 0.25) is 5.02 Å². The number of anilines is 1. The summed E-state index contributed by atoms with van der Waals surface area (Å²) in [6.07, 6.45) is 2.15. The van der Waals surface area contributed by atoms with E-state index in [0.29, 0.717) is 37.3 Å². The molecule has 1 aliphatic rings. The Morgan fingerprint density at radius 2 is 1.78 bits per heavy atom. The number of halogens is 3. The van der Waals surface area contributed by atoms with Crippen LogP contribution in [-0.2, 0) is 4.74 Å². The van der Waals surface area contributed by atoms with Crippen molar-refractivity contribution < 1.29 is 23.1 Å². The Morgan fingerprint density at radius 1 is 1.08 bits per heavy atom. The van der Waals surface area contributed by atoms with Gasteiger partial charge in [-0.2, -0.15) is 5.10 Å². The van der Waals surface area contributed by atoms with Crippen molar-refractivity contribution in [3.05, 3.63) is 76.6 Å². The number of carbonyl (C=O) groups excluding carboxylic acids is 2. The van der Waals surface area contributed by atoms with E-state index >= 15 is 0 Å². The van der Waals surface area contributed by atoms with Gasteiger partial charge in [0.15, 0.2) is 0 Å². The summed E-state index contributed by atoms with van der Waals surface area (Å²) in [4.78, 5) is 27.4. The number of carbonyl (C=O) groups is 2. The SMILES string of the molecule is CC(C)(C)OC(=O)N1CCC(c2c(C(=O)Nc3ccc(F)cc3Cl)cnn2-c2cccc(F)c2)CC1. The van der Waals surface area contributed by atoms with Crippen molar-refractivity contribution in [1.82, 2.24) is 14.7 Å². The zero-order chi connectivity index (χ0) is 26.0. The minimum atomic E-state index is -0.600. The van der Waals surface area contributed by atoms with Crippen LogP contribution in [0.1, 0.15) is 55.6 Å². The van der Waals surface area contributed by atoms with Crippen LogP contribution in [0, 0.1) is 11.6 Å². The minimum absolute atomic E-state index is 0.0630. The second-order valence-corrected chi connectivity index (χ2v) is 10.1. The third-order valence-electron chi connectivity index (χ3n) is 5.82. The number of benzene rings is 2. The lowest BCUT2D eigenvalue weighted by Gasteiger charge is -2.34. The molecule has 1 fully saturated rings. The number of ether oxygens (including phenoxy) is 1. The maximum atomic E-state index is 14.0. The van der Waals surface area contributed by atoms with Crippen LogP contribution in [0.5, 0.6) is 0 Å². The van der Waals surface area contributed by atoms with E-state index in [9.17, 15) is 18.4 Å². The zero-order valence-electron chi connectivity index (χ0n) is 20.2. The topological polar surface area (TPSA) is 76.5 Å². The Kier molecular flexibility index (Phi) is 7.31. The van der Waals surface area contributed by atoms with Crippen molar-refractivity contribution in [2.75, 3.05) is 18.4 Å². The molecule has 0 bridgehead atoms. The van der Waals surface area contributed by atoms with Gasteiger partial charge in [0.05, 0.1) is 33.9 Å². The van der Waals surface area contributed by atoms with Crippen LogP contribution in [-0.4, -0.2) is 45.4 Å². The lowest BCUT2D eigenvalue weighted by atomic mass is 9.90. The van der Waals surface area contributed by atoms with Gasteiger partial charge in [-0.25, -0.2) is 18.3 Å². The van der Waals surface area contributed by atoms with Gasteiger partial charge in [0, 0.05) is 19.0 Å². The van der Waals surface area contributed by atoms with Gasteiger partial charge < -0.3 is 15.0 Å². The highest BCUT2D eigenvalue weighted by Crippen LogP contribution is 2.33. The molecule has 2 amide bonds. The summed E-state index contributed by atoms with van der Waals surface area (Å²) >= 11 is 6.09. The normalized spacial score (nSPS) is 14.6. The van der Waals surface area contributed by atoms with Gasteiger partial charge in [-0.3, -0.25) is 4.79 Å². The van der Waals surface area contributed by atoms with Crippen molar-refractivity contribution in [3.8, 4) is 5.69 Å². The molecule has 2 heterocycles. The molecule has 0 aliphatic carbocycles. The molecular weight excluding hydrogens is 490 g/mol. The van der Waals surface area contributed by atoms with Crippen LogP contribution in [0.15, 0.2) is 48.7 Å². The summed E-state index contributed by atoms with van der Waals surface area (Å²) in [5.74, 6) is -1.57. The standard InChI is InChI=1S/C26H27ClF2N4O3/c1-26(2,3)36-25(35)32-11-9-16(10-12-32)23-20(15-30-33(23)19-6-4-5-17(28)13-19)24(34)31-22-8-7-18(29)14-21(22)27/h4-8,13-16H,9-12H2,1-3H3,(H,31,34). The van der Waals surface area contributed by atoms with Crippen molar-refractivity contribution in [2.45, 2.75) is 45.1 Å². The van der Waals surface area contributed by atoms with Crippen LogP contribution in [0.3, 0.4) is 0 Å². The molecule has 36 heavy (non-hydrogen) atoms. The quantitative estimate of drug-likeness (QED) is 0.450. The van der Waals surface area contributed by atoms with Gasteiger partial charge in [0.1, 0.15) is 17.2 Å². The van der Waals surface area contributed by atoms with E-state index < -0.39 is 23.1 Å². The molecule has 190 valence electrons. The Bertz CT molecular complexity index is 1280. The number of hydrogen-bond acceptors (Lipinski definition) is 4. The molecule has 10 heteroatoms. The summed E-state index contributed by atoms with van der Waals surface area (Å²) in [6.45, 7) is 6.30. The van der Waals surface area contributed by atoms with Gasteiger partial charge in [0.25, 0.3) is 5.91 Å². The Balaban J connectivity index is 1.63. The van der Waals surface area contributed by atoms with E-state index in [1.165, 1.54) is 30.5 Å². The first-order valence-corrected chi connectivity index (χ1v) is 12.0. The number of nitrogens with one attached hydrogen (secondary N) is 1. The molecule has 3 aromatic rings. The fourth-order valence-corrected chi connectivity index (χ4v) is 4.40.